The summed E-state index contributed by atoms with van der Waals surface area (Å²) in [4.78, 5) is 5.36. The molecule has 3 rings (SSSR count). The highest BCUT2D eigenvalue weighted by Gasteiger charge is 2.28. The molecule has 1 fully saturated rings. The molecule has 0 radical (unpaired) electrons. The van der Waals surface area contributed by atoms with Crippen molar-refractivity contribution in [2.45, 2.75) is 38.0 Å². The largest absolute Gasteiger partial charge is 0.494 e. The second kappa shape index (κ2) is 7.52. The maximum atomic E-state index is 8.23. The lowest BCUT2D eigenvalue weighted by Gasteiger charge is -2.36. The van der Waals surface area contributed by atoms with Crippen LogP contribution in [0.5, 0.6) is 5.75 Å². The second-order valence-electron chi connectivity index (χ2n) is 6.28. The molecule has 2 aliphatic rings. The van der Waals surface area contributed by atoms with Gasteiger partial charge in [-0.2, -0.15) is 0 Å². The average molecular weight is 300 g/mol. The molecule has 1 saturated heterocycles. The third-order valence-electron chi connectivity index (χ3n) is 4.69. The highest BCUT2D eigenvalue weighted by atomic mass is 16.5. The van der Waals surface area contributed by atoms with Crippen LogP contribution in [0.1, 0.15) is 42.7 Å². The summed E-state index contributed by atoms with van der Waals surface area (Å²) in [5.74, 6) is 1.63. The van der Waals surface area contributed by atoms with E-state index in [4.69, 9.17) is 10.3 Å². The summed E-state index contributed by atoms with van der Waals surface area (Å²) in [6.07, 6.45) is 6.08. The number of azide groups is 1. The zero-order valence-corrected chi connectivity index (χ0v) is 13.1. The summed E-state index contributed by atoms with van der Waals surface area (Å²) in [6.45, 7) is 4.84. The van der Waals surface area contributed by atoms with Crippen LogP contribution in [0.2, 0.25) is 0 Å². The van der Waals surface area contributed by atoms with Gasteiger partial charge in [0.25, 0.3) is 0 Å². The van der Waals surface area contributed by atoms with Gasteiger partial charge in [-0.25, -0.2) is 0 Å². The smallest absolute Gasteiger partial charge is 0.119 e. The molecule has 1 atom stereocenters. The highest BCUT2D eigenvalue weighted by molar-refractivity contribution is 5.45. The zero-order valence-electron chi connectivity index (χ0n) is 13.1. The van der Waals surface area contributed by atoms with Gasteiger partial charge >= 0.3 is 0 Å². The quantitative estimate of drug-likeness (QED) is 0.332. The van der Waals surface area contributed by atoms with Gasteiger partial charge in [0, 0.05) is 23.9 Å². The first-order valence-corrected chi connectivity index (χ1v) is 8.35. The van der Waals surface area contributed by atoms with Gasteiger partial charge in [0.15, 0.2) is 0 Å². The molecule has 22 heavy (non-hydrogen) atoms. The van der Waals surface area contributed by atoms with E-state index in [9.17, 15) is 0 Å². The first-order chi connectivity index (χ1) is 10.9. The Labute approximate surface area is 131 Å². The van der Waals surface area contributed by atoms with Gasteiger partial charge in [-0.3, -0.25) is 0 Å². The molecule has 5 heteroatoms. The molecule has 5 nitrogen and oxygen atoms in total. The van der Waals surface area contributed by atoms with Crippen molar-refractivity contribution in [3.05, 3.63) is 39.8 Å². The van der Waals surface area contributed by atoms with E-state index in [2.05, 4.69) is 33.1 Å². The Morgan fingerprint density at radius 1 is 1.27 bits per heavy atom. The Bertz CT molecular complexity index is 548. The van der Waals surface area contributed by atoms with Gasteiger partial charge in [0.05, 0.1) is 6.61 Å². The van der Waals surface area contributed by atoms with Crippen LogP contribution in [0.4, 0.5) is 0 Å². The number of hydrogen-bond donors (Lipinski definition) is 0. The van der Waals surface area contributed by atoms with E-state index in [1.54, 1.807) is 0 Å². The van der Waals surface area contributed by atoms with Crippen LogP contribution in [0.3, 0.4) is 0 Å². The number of piperidine rings is 1. The Morgan fingerprint density at radius 2 is 2.14 bits per heavy atom. The summed E-state index contributed by atoms with van der Waals surface area (Å²) < 4.78 is 5.76. The summed E-state index contributed by atoms with van der Waals surface area (Å²) >= 11 is 0. The summed E-state index contributed by atoms with van der Waals surface area (Å²) in [6, 6.07) is 6.47. The van der Waals surface area contributed by atoms with Gasteiger partial charge in [0.1, 0.15) is 5.75 Å². The van der Waals surface area contributed by atoms with Crippen molar-refractivity contribution >= 4 is 0 Å². The minimum absolute atomic E-state index is 0.499. The van der Waals surface area contributed by atoms with Crippen LogP contribution in [0.15, 0.2) is 23.3 Å². The van der Waals surface area contributed by atoms with Crippen LogP contribution < -0.4 is 4.74 Å². The maximum absolute atomic E-state index is 8.23. The molecule has 118 valence electrons. The Morgan fingerprint density at radius 3 is 2.95 bits per heavy atom. The van der Waals surface area contributed by atoms with Gasteiger partial charge in [0.2, 0.25) is 0 Å². The summed E-state index contributed by atoms with van der Waals surface area (Å²) in [5.41, 5.74) is 11.2. The van der Waals surface area contributed by atoms with Crippen LogP contribution in [-0.4, -0.2) is 37.7 Å². The maximum Gasteiger partial charge on any atom is 0.119 e. The molecule has 0 N–H and O–H groups in total. The normalized spacial score (nSPS) is 20.6. The molecule has 1 aliphatic carbocycles. The fourth-order valence-corrected chi connectivity index (χ4v) is 3.46. The van der Waals surface area contributed by atoms with E-state index in [0.717, 1.165) is 12.2 Å². The molecule has 1 unspecified atom stereocenters. The lowest BCUT2D eigenvalue weighted by Crippen LogP contribution is -2.36. The number of likely N-dealkylation sites (tertiary alicyclic amines) is 1. The first-order valence-electron chi connectivity index (χ1n) is 8.35. The van der Waals surface area contributed by atoms with E-state index >= 15 is 0 Å². The monoisotopic (exact) mass is 300 g/mol. The number of ether oxygens (including phenoxy) is 1. The Kier molecular flexibility index (Phi) is 5.20. The van der Waals surface area contributed by atoms with Crippen LogP contribution in [0, 0.1) is 0 Å². The molecule has 0 bridgehead atoms. The lowest BCUT2D eigenvalue weighted by molar-refractivity contribution is 0.209. The SMILES string of the molecule is [N-]=[N+]=NCCCOc1ccc2c(c1)C(CN1CCCCC1)C2. The van der Waals surface area contributed by atoms with Gasteiger partial charge in [-0.15, -0.1) is 0 Å². The molecular weight excluding hydrogens is 276 g/mol. The fourth-order valence-electron chi connectivity index (χ4n) is 3.46. The molecule has 1 aromatic carbocycles. The van der Waals surface area contributed by atoms with Crippen molar-refractivity contribution in [1.82, 2.24) is 4.90 Å². The van der Waals surface area contributed by atoms with E-state index < -0.39 is 0 Å². The minimum Gasteiger partial charge on any atom is -0.494 e. The minimum atomic E-state index is 0.499. The van der Waals surface area contributed by atoms with E-state index in [1.165, 1.54) is 56.4 Å². The zero-order chi connectivity index (χ0) is 15.2. The third kappa shape index (κ3) is 3.73. The topological polar surface area (TPSA) is 61.2 Å². The number of rotatable bonds is 7. The molecule has 1 aromatic rings. The molecule has 0 saturated carbocycles. The molecule has 0 spiro atoms. The lowest BCUT2D eigenvalue weighted by atomic mass is 9.77. The summed E-state index contributed by atoms with van der Waals surface area (Å²) in [5, 5.41) is 3.52. The number of nitrogens with zero attached hydrogens (tertiary/aromatic N) is 4. The Hall–Kier alpha value is -1.71. The predicted octanol–water partition coefficient (Wildman–Crippen LogP) is 3.89. The predicted molar refractivity (Wildman–Crippen MR) is 87.3 cm³/mol. The molecule has 1 aliphatic heterocycles. The van der Waals surface area contributed by atoms with E-state index in [0.29, 0.717) is 19.1 Å². The van der Waals surface area contributed by atoms with Crippen LogP contribution >= 0.6 is 0 Å². The van der Waals surface area contributed by atoms with Crippen molar-refractivity contribution in [2.75, 3.05) is 32.8 Å². The third-order valence-corrected chi connectivity index (χ3v) is 4.69. The second-order valence-corrected chi connectivity index (χ2v) is 6.28. The molecular formula is C17H24N4O. The molecule has 1 heterocycles. The van der Waals surface area contributed by atoms with Gasteiger partial charge < -0.3 is 9.64 Å². The van der Waals surface area contributed by atoms with Crippen molar-refractivity contribution in [2.24, 2.45) is 5.11 Å². The number of hydrogen-bond acceptors (Lipinski definition) is 3. The first kappa shape index (κ1) is 15.2. The highest BCUT2D eigenvalue weighted by Crippen LogP contribution is 2.38. The summed E-state index contributed by atoms with van der Waals surface area (Å²) in [7, 11) is 0. The van der Waals surface area contributed by atoms with Crippen LogP contribution in [-0.2, 0) is 6.42 Å². The van der Waals surface area contributed by atoms with Gasteiger partial charge in [-0.05, 0) is 67.6 Å². The van der Waals surface area contributed by atoms with E-state index in [1.807, 2.05) is 0 Å². The van der Waals surface area contributed by atoms with Crippen molar-refractivity contribution < 1.29 is 4.74 Å². The van der Waals surface area contributed by atoms with Gasteiger partial charge in [-0.1, -0.05) is 17.6 Å². The number of fused-ring (bicyclic) bond motifs is 1. The number of benzene rings is 1. The molecule has 0 aromatic heterocycles. The van der Waals surface area contributed by atoms with E-state index in [-0.39, 0.29) is 0 Å². The van der Waals surface area contributed by atoms with Crippen molar-refractivity contribution in [1.29, 1.82) is 0 Å². The molecule has 0 amide bonds. The standard InChI is InChI=1S/C17H24N4O/c18-20-19-7-4-10-22-16-6-5-14-11-15(17(14)12-16)13-21-8-2-1-3-9-21/h5-6,12,15H,1-4,7-11,13H2. The Balaban J connectivity index is 1.50. The average Bonchev–Trinajstić information content (AvgIpc) is 2.54. The fraction of sp³-hybridized carbons (Fsp3) is 0.647. The van der Waals surface area contributed by atoms with Crippen molar-refractivity contribution in [3.8, 4) is 5.75 Å². The van der Waals surface area contributed by atoms with Crippen molar-refractivity contribution in [3.63, 3.8) is 0 Å². The van der Waals surface area contributed by atoms with Crippen LogP contribution in [0.25, 0.3) is 10.4 Å².